The van der Waals surface area contributed by atoms with Gasteiger partial charge in [0.05, 0.1) is 0 Å². The molecule has 0 aliphatic carbocycles. The number of hydrogen-bond donors (Lipinski definition) is 0. The molecule has 3 aromatic rings. The van der Waals surface area contributed by atoms with Crippen LogP contribution in [0.25, 0.3) is 0 Å². The summed E-state index contributed by atoms with van der Waals surface area (Å²) in [5.41, 5.74) is -0.769. The largest absolute Gasteiger partial charge is 0.340 e. The van der Waals surface area contributed by atoms with E-state index in [9.17, 15) is 17.6 Å². The normalized spacial score (nSPS) is 10.7. The van der Waals surface area contributed by atoms with E-state index in [1.54, 1.807) is 60.7 Å². The predicted octanol–water partition coefficient (Wildman–Crippen LogP) is 5.78. The van der Waals surface area contributed by atoms with Gasteiger partial charge < -0.3 is 9.80 Å². The van der Waals surface area contributed by atoms with Crippen molar-refractivity contribution in [3.63, 3.8) is 0 Å². The summed E-state index contributed by atoms with van der Waals surface area (Å²) in [6.07, 6.45) is 0. The fourth-order valence-electron chi connectivity index (χ4n) is 2.76. The quantitative estimate of drug-likeness (QED) is 0.430. The minimum atomic E-state index is -1.45. The van der Waals surface area contributed by atoms with Crippen LogP contribution in [0, 0.1) is 23.3 Å². The van der Waals surface area contributed by atoms with E-state index < -0.39 is 34.6 Å². The van der Waals surface area contributed by atoms with Crippen LogP contribution >= 0.6 is 0 Å². The van der Waals surface area contributed by atoms with Crippen molar-refractivity contribution < 1.29 is 17.6 Å². The molecule has 0 amide bonds. The zero-order valence-electron chi connectivity index (χ0n) is 14.2. The molecule has 0 atom stereocenters. The molecule has 3 aromatic carbocycles. The van der Waals surface area contributed by atoms with Crippen molar-refractivity contribution in [3.05, 3.63) is 83.9 Å². The molecule has 0 spiro atoms. The lowest BCUT2D eigenvalue weighted by molar-refractivity contribution is 0.458. The van der Waals surface area contributed by atoms with Crippen molar-refractivity contribution in [1.82, 2.24) is 0 Å². The van der Waals surface area contributed by atoms with Crippen LogP contribution in [0.4, 0.5) is 40.3 Å². The van der Waals surface area contributed by atoms with E-state index in [1.165, 1.54) is 14.1 Å². The monoisotopic (exact) mass is 360 g/mol. The molecule has 3 rings (SSSR count). The van der Waals surface area contributed by atoms with Gasteiger partial charge in [0.15, 0.2) is 23.3 Å². The van der Waals surface area contributed by atoms with Gasteiger partial charge >= 0.3 is 0 Å². The van der Waals surface area contributed by atoms with Crippen LogP contribution < -0.4 is 9.80 Å². The number of hydrogen-bond acceptors (Lipinski definition) is 2. The maximum Gasteiger partial charge on any atom is 0.187 e. The Balaban J connectivity index is 2.14. The summed E-state index contributed by atoms with van der Waals surface area (Å²) in [6.45, 7) is 0. The van der Waals surface area contributed by atoms with Crippen molar-refractivity contribution in [1.29, 1.82) is 0 Å². The smallest absolute Gasteiger partial charge is 0.187 e. The van der Waals surface area contributed by atoms with Crippen molar-refractivity contribution in [2.45, 2.75) is 0 Å². The fraction of sp³-hybridized carbons (Fsp3) is 0.100. The van der Waals surface area contributed by atoms with Gasteiger partial charge in [0, 0.05) is 25.5 Å². The third kappa shape index (κ3) is 2.98. The number of para-hydroxylation sites is 2. The van der Waals surface area contributed by atoms with E-state index in [-0.39, 0.29) is 0 Å². The van der Waals surface area contributed by atoms with E-state index >= 15 is 0 Å². The number of halogens is 4. The third-order valence-electron chi connectivity index (χ3n) is 4.17. The van der Waals surface area contributed by atoms with Crippen molar-refractivity contribution >= 4 is 22.7 Å². The van der Waals surface area contributed by atoms with Crippen molar-refractivity contribution in [2.75, 3.05) is 23.9 Å². The van der Waals surface area contributed by atoms with Crippen molar-refractivity contribution in [3.8, 4) is 0 Å². The molecule has 6 heteroatoms. The molecule has 134 valence electrons. The Labute approximate surface area is 148 Å². The first kappa shape index (κ1) is 17.8. The van der Waals surface area contributed by atoms with E-state index in [2.05, 4.69) is 0 Å². The second-order valence-electron chi connectivity index (χ2n) is 5.74. The third-order valence-corrected chi connectivity index (χ3v) is 4.17. The van der Waals surface area contributed by atoms with Crippen LogP contribution in [0.1, 0.15) is 0 Å². The summed E-state index contributed by atoms with van der Waals surface area (Å²) < 4.78 is 58.7. The summed E-state index contributed by atoms with van der Waals surface area (Å²) >= 11 is 0. The summed E-state index contributed by atoms with van der Waals surface area (Å²) in [5.74, 6) is -5.80. The zero-order valence-corrected chi connectivity index (χ0v) is 14.2. The van der Waals surface area contributed by atoms with E-state index in [0.717, 1.165) is 9.80 Å². The molecular weight excluding hydrogens is 344 g/mol. The first-order chi connectivity index (χ1) is 12.4. The van der Waals surface area contributed by atoms with Gasteiger partial charge in [-0.2, -0.15) is 0 Å². The summed E-state index contributed by atoms with van der Waals surface area (Å²) in [4.78, 5) is 2.15. The highest BCUT2D eigenvalue weighted by molar-refractivity contribution is 5.71. The molecule has 0 heterocycles. The van der Waals surface area contributed by atoms with Crippen molar-refractivity contribution in [2.24, 2.45) is 0 Å². The molecule has 0 aliphatic rings. The molecule has 0 fully saturated rings. The van der Waals surface area contributed by atoms with Crippen LogP contribution in [-0.4, -0.2) is 14.1 Å². The highest BCUT2D eigenvalue weighted by Gasteiger charge is 2.30. The van der Waals surface area contributed by atoms with Crippen LogP contribution in [0.15, 0.2) is 60.7 Å². The Hall–Kier alpha value is -3.02. The van der Waals surface area contributed by atoms with Gasteiger partial charge in [-0.3, -0.25) is 0 Å². The van der Waals surface area contributed by atoms with Gasteiger partial charge in [-0.15, -0.1) is 0 Å². The summed E-state index contributed by atoms with van der Waals surface area (Å²) in [7, 11) is 2.69. The average Bonchev–Trinajstić information content (AvgIpc) is 2.68. The van der Waals surface area contributed by atoms with Gasteiger partial charge in [-0.1, -0.05) is 36.4 Å². The van der Waals surface area contributed by atoms with Crippen LogP contribution in [-0.2, 0) is 0 Å². The maximum absolute atomic E-state index is 14.7. The zero-order chi connectivity index (χ0) is 18.8. The highest BCUT2D eigenvalue weighted by Crippen LogP contribution is 2.39. The minimum absolute atomic E-state index is 0.397. The van der Waals surface area contributed by atoms with E-state index in [4.69, 9.17) is 0 Å². The Morgan fingerprint density at radius 3 is 1.04 bits per heavy atom. The van der Waals surface area contributed by atoms with Gasteiger partial charge in [0.1, 0.15) is 11.4 Å². The fourth-order valence-corrected chi connectivity index (χ4v) is 2.76. The van der Waals surface area contributed by atoms with Gasteiger partial charge in [-0.25, -0.2) is 17.6 Å². The number of nitrogens with zero attached hydrogens (tertiary/aromatic N) is 2. The first-order valence-corrected chi connectivity index (χ1v) is 7.87. The molecule has 2 nitrogen and oxygen atoms in total. The molecule has 0 N–H and O–H groups in total. The minimum Gasteiger partial charge on any atom is -0.340 e. The predicted molar refractivity (Wildman–Crippen MR) is 95.3 cm³/mol. The summed E-state index contributed by atoms with van der Waals surface area (Å²) in [5, 5.41) is 0. The number of benzene rings is 3. The van der Waals surface area contributed by atoms with E-state index in [0.29, 0.717) is 11.4 Å². The standard InChI is InChI=1S/C20H16F4N2/c1-25(13-9-5-3-6-10-13)19-15(21)17(23)20(18(24)16(19)22)26(2)14-11-7-4-8-12-14/h3-12H,1-2H3. The SMILES string of the molecule is CN(c1ccccc1)c1c(F)c(F)c(N(C)c2ccccc2)c(F)c1F. The summed E-state index contributed by atoms with van der Waals surface area (Å²) in [6, 6.07) is 16.4. The second-order valence-corrected chi connectivity index (χ2v) is 5.74. The average molecular weight is 360 g/mol. The lowest BCUT2D eigenvalue weighted by Crippen LogP contribution is -2.20. The van der Waals surface area contributed by atoms with Gasteiger partial charge in [0.25, 0.3) is 0 Å². The van der Waals surface area contributed by atoms with Gasteiger partial charge in [-0.05, 0) is 24.3 Å². The lowest BCUT2D eigenvalue weighted by atomic mass is 10.1. The topological polar surface area (TPSA) is 6.48 Å². The van der Waals surface area contributed by atoms with Crippen LogP contribution in [0.2, 0.25) is 0 Å². The van der Waals surface area contributed by atoms with Crippen LogP contribution in [0.3, 0.4) is 0 Å². The molecule has 0 saturated heterocycles. The Morgan fingerprint density at radius 2 is 0.769 bits per heavy atom. The first-order valence-electron chi connectivity index (χ1n) is 7.87. The molecule has 0 bridgehead atoms. The Kier molecular flexibility index (Phi) is 4.84. The molecular formula is C20H16F4N2. The Bertz CT molecular complexity index is 809. The molecule has 0 radical (unpaired) electrons. The van der Waals surface area contributed by atoms with E-state index in [1.807, 2.05) is 0 Å². The highest BCUT2D eigenvalue weighted by atomic mass is 19.2. The lowest BCUT2D eigenvalue weighted by Gasteiger charge is -2.25. The van der Waals surface area contributed by atoms with Crippen LogP contribution in [0.5, 0.6) is 0 Å². The number of anilines is 4. The molecule has 0 unspecified atom stereocenters. The molecule has 26 heavy (non-hydrogen) atoms. The Morgan fingerprint density at radius 1 is 0.500 bits per heavy atom. The second kappa shape index (κ2) is 7.07. The molecule has 0 saturated carbocycles. The van der Waals surface area contributed by atoms with Gasteiger partial charge in [0.2, 0.25) is 0 Å². The number of rotatable bonds is 4. The maximum atomic E-state index is 14.7. The molecule has 0 aromatic heterocycles. The molecule has 0 aliphatic heterocycles.